The summed E-state index contributed by atoms with van der Waals surface area (Å²) < 4.78 is 32.6. The number of hydrogen-bond acceptors (Lipinski definition) is 4. The van der Waals surface area contributed by atoms with E-state index in [-0.39, 0.29) is 46.4 Å². The molecule has 172 valence electrons. The highest BCUT2D eigenvalue weighted by atomic mass is 32.2. The Balaban J connectivity index is 1.56. The molecule has 0 heterocycles. The van der Waals surface area contributed by atoms with Gasteiger partial charge in [0.1, 0.15) is 6.10 Å². The Hall–Kier alpha value is -2.14. The maximum absolute atomic E-state index is 13.2. The minimum atomic E-state index is -3.47. The van der Waals surface area contributed by atoms with Gasteiger partial charge in [0.2, 0.25) is 0 Å². The number of esters is 1. The van der Waals surface area contributed by atoms with Crippen molar-refractivity contribution in [1.29, 1.82) is 0 Å². The first-order chi connectivity index (χ1) is 15.1. The topological polar surface area (TPSA) is 60.4 Å². The minimum absolute atomic E-state index is 0.0207. The summed E-state index contributed by atoms with van der Waals surface area (Å²) in [4.78, 5) is 13.4. The third-order valence-electron chi connectivity index (χ3n) is 8.52. The molecule has 2 saturated carbocycles. The number of carbonyl (C=O) groups is 1. The first-order valence-corrected chi connectivity index (χ1v) is 13.2. The van der Waals surface area contributed by atoms with Gasteiger partial charge in [-0.05, 0) is 47.8 Å². The van der Waals surface area contributed by atoms with Gasteiger partial charge in [-0.15, -0.1) is 0 Å². The molecule has 2 bridgehead atoms. The van der Waals surface area contributed by atoms with E-state index >= 15 is 0 Å². The lowest BCUT2D eigenvalue weighted by atomic mass is 9.70. The summed E-state index contributed by atoms with van der Waals surface area (Å²) in [5.74, 6) is -0.139. The second kappa shape index (κ2) is 8.33. The van der Waals surface area contributed by atoms with Crippen LogP contribution >= 0.6 is 0 Å². The molecule has 0 aliphatic heterocycles. The normalized spacial score (nSPS) is 29.6. The maximum atomic E-state index is 13.2. The standard InChI is InChI=1S/C27H34O4S/c1-19(20-11-7-5-8-12-20)17-24(28)31-25-22(23-15-16-27(25,4)26(23,2)3)18-32(29,30)21-13-9-6-10-14-21/h5-14,19,22-23,25H,15-18H2,1-4H3/t19-,22-,23-,25-,27+/m1/s1. The third-order valence-corrected chi connectivity index (χ3v) is 10.3. The van der Waals surface area contributed by atoms with Crippen molar-refractivity contribution < 1.29 is 17.9 Å². The lowest BCUT2D eigenvalue weighted by Gasteiger charge is -2.39. The zero-order valence-electron chi connectivity index (χ0n) is 19.5. The molecule has 0 amide bonds. The molecule has 5 heteroatoms. The van der Waals surface area contributed by atoms with E-state index in [0.29, 0.717) is 11.3 Å². The summed E-state index contributed by atoms with van der Waals surface area (Å²) in [7, 11) is -3.47. The molecule has 0 aromatic heterocycles. The van der Waals surface area contributed by atoms with Crippen LogP contribution in [0.5, 0.6) is 0 Å². The van der Waals surface area contributed by atoms with Gasteiger partial charge < -0.3 is 4.74 Å². The van der Waals surface area contributed by atoms with Gasteiger partial charge in [0.25, 0.3) is 0 Å². The Kier molecular flexibility index (Phi) is 6.00. The second-order valence-electron chi connectivity index (χ2n) is 10.5. The van der Waals surface area contributed by atoms with Crippen molar-refractivity contribution in [2.24, 2.45) is 22.7 Å². The van der Waals surface area contributed by atoms with E-state index < -0.39 is 9.84 Å². The Bertz CT molecular complexity index is 1060. The Morgan fingerprint density at radius 3 is 2.25 bits per heavy atom. The van der Waals surface area contributed by atoms with Gasteiger partial charge in [0.15, 0.2) is 9.84 Å². The number of fused-ring (bicyclic) bond motifs is 2. The summed E-state index contributed by atoms with van der Waals surface area (Å²) in [6.07, 6.45) is 1.84. The quantitative estimate of drug-likeness (QED) is 0.508. The summed E-state index contributed by atoms with van der Waals surface area (Å²) in [6.45, 7) is 8.64. The fourth-order valence-corrected chi connectivity index (χ4v) is 7.92. The molecule has 2 fully saturated rings. The predicted molar refractivity (Wildman–Crippen MR) is 126 cm³/mol. The Morgan fingerprint density at radius 1 is 1.03 bits per heavy atom. The fraction of sp³-hybridized carbons (Fsp3) is 0.519. The van der Waals surface area contributed by atoms with Crippen LogP contribution in [0, 0.1) is 22.7 Å². The molecule has 4 rings (SSSR count). The van der Waals surface area contributed by atoms with Crippen molar-refractivity contribution in [1.82, 2.24) is 0 Å². The molecule has 0 spiro atoms. The molecule has 0 radical (unpaired) electrons. The largest absolute Gasteiger partial charge is 0.461 e. The highest BCUT2D eigenvalue weighted by Gasteiger charge is 2.68. The first-order valence-electron chi connectivity index (χ1n) is 11.6. The van der Waals surface area contributed by atoms with E-state index in [1.165, 1.54) is 0 Å². The molecule has 2 aromatic rings. The first kappa shape index (κ1) is 23.0. The van der Waals surface area contributed by atoms with Crippen LogP contribution in [0.2, 0.25) is 0 Å². The zero-order valence-corrected chi connectivity index (χ0v) is 20.3. The van der Waals surface area contributed by atoms with E-state index in [1.807, 2.05) is 43.3 Å². The Morgan fingerprint density at radius 2 is 1.62 bits per heavy atom. The molecule has 0 saturated heterocycles. The molecule has 2 aliphatic rings. The molecule has 0 unspecified atom stereocenters. The van der Waals surface area contributed by atoms with Crippen LogP contribution in [-0.2, 0) is 19.4 Å². The zero-order chi connectivity index (χ0) is 23.1. The maximum Gasteiger partial charge on any atom is 0.306 e. The number of rotatable bonds is 7. The molecule has 2 aliphatic carbocycles. The van der Waals surface area contributed by atoms with Crippen molar-refractivity contribution >= 4 is 15.8 Å². The van der Waals surface area contributed by atoms with E-state index in [1.54, 1.807) is 24.3 Å². The lowest BCUT2D eigenvalue weighted by Crippen LogP contribution is -2.43. The molecule has 32 heavy (non-hydrogen) atoms. The van der Waals surface area contributed by atoms with Crippen molar-refractivity contribution in [3.63, 3.8) is 0 Å². The lowest BCUT2D eigenvalue weighted by molar-refractivity contribution is -0.160. The van der Waals surface area contributed by atoms with E-state index in [9.17, 15) is 13.2 Å². The predicted octanol–water partition coefficient (Wildman–Crippen LogP) is 5.64. The molecule has 5 atom stereocenters. The molecule has 4 nitrogen and oxygen atoms in total. The van der Waals surface area contributed by atoms with Crippen LogP contribution in [0.4, 0.5) is 0 Å². The smallest absolute Gasteiger partial charge is 0.306 e. The Labute approximate surface area is 192 Å². The highest BCUT2D eigenvalue weighted by molar-refractivity contribution is 7.91. The number of benzene rings is 2. The highest BCUT2D eigenvalue weighted by Crippen LogP contribution is 2.68. The van der Waals surface area contributed by atoms with Gasteiger partial charge in [-0.25, -0.2) is 8.42 Å². The number of ether oxygens (including phenoxy) is 1. The molecule has 0 N–H and O–H groups in total. The summed E-state index contributed by atoms with van der Waals surface area (Å²) >= 11 is 0. The van der Waals surface area contributed by atoms with E-state index in [4.69, 9.17) is 4.74 Å². The summed E-state index contributed by atoms with van der Waals surface area (Å²) in [5.41, 5.74) is 0.798. The number of carbonyl (C=O) groups excluding carboxylic acids is 1. The van der Waals surface area contributed by atoms with Crippen LogP contribution < -0.4 is 0 Å². The molecular weight excluding hydrogens is 420 g/mol. The SMILES string of the molecule is C[C@H](CC(=O)O[C@@H]1[C@H](CS(=O)(=O)c2ccccc2)[C@H]2CC[C@]1(C)C2(C)C)c1ccccc1. The van der Waals surface area contributed by atoms with Crippen molar-refractivity contribution in [2.45, 2.75) is 63.9 Å². The number of sulfone groups is 1. The second-order valence-corrected chi connectivity index (χ2v) is 12.5. The van der Waals surface area contributed by atoms with Crippen molar-refractivity contribution in [3.05, 3.63) is 66.2 Å². The van der Waals surface area contributed by atoms with Crippen LogP contribution in [0.1, 0.15) is 58.4 Å². The van der Waals surface area contributed by atoms with Gasteiger partial charge in [-0.2, -0.15) is 0 Å². The van der Waals surface area contributed by atoms with Crippen LogP contribution in [-0.4, -0.2) is 26.2 Å². The molecular formula is C27H34O4S. The van der Waals surface area contributed by atoms with Gasteiger partial charge in [0.05, 0.1) is 17.1 Å². The van der Waals surface area contributed by atoms with Crippen LogP contribution in [0.25, 0.3) is 0 Å². The monoisotopic (exact) mass is 454 g/mol. The average molecular weight is 455 g/mol. The minimum Gasteiger partial charge on any atom is -0.461 e. The van der Waals surface area contributed by atoms with Crippen LogP contribution in [0.15, 0.2) is 65.6 Å². The summed E-state index contributed by atoms with van der Waals surface area (Å²) in [6, 6.07) is 18.6. The fourth-order valence-electron chi connectivity index (χ4n) is 6.24. The van der Waals surface area contributed by atoms with Crippen molar-refractivity contribution in [2.75, 3.05) is 5.75 Å². The van der Waals surface area contributed by atoms with Crippen LogP contribution in [0.3, 0.4) is 0 Å². The molecule has 2 aromatic carbocycles. The van der Waals surface area contributed by atoms with Gasteiger partial charge >= 0.3 is 5.97 Å². The van der Waals surface area contributed by atoms with Gasteiger partial charge in [-0.1, -0.05) is 76.2 Å². The van der Waals surface area contributed by atoms with E-state index in [0.717, 1.165) is 18.4 Å². The van der Waals surface area contributed by atoms with Gasteiger partial charge in [-0.3, -0.25) is 4.79 Å². The van der Waals surface area contributed by atoms with Gasteiger partial charge in [0, 0.05) is 11.3 Å². The average Bonchev–Trinajstić information content (AvgIpc) is 3.08. The summed E-state index contributed by atoms with van der Waals surface area (Å²) in [5, 5.41) is 0. The number of hydrogen-bond donors (Lipinski definition) is 0. The van der Waals surface area contributed by atoms with Crippen molar-refractivity contribution in [3.8, 4) is 0 Å². The third kappa shape index (κ3) is 3.89. The van der Waals surface area contributed by atoms with E-state index in [2.05, 4.69) is 20.8 Å².